The van der Waals surface area contributed by atoms with Gasteiger partial charge in [0.1, 0.15) is 0 Å². The van der Waals surface area contributed by atoms with Crippen LogP contribution in [0.1, 0.15) is 57.2 Å². The van der Waals surface area contributed by atoms with E-state index in [0.717, 1.165) is 23.4 Å². The van der Waals surface area contributed by atoms with Gasteiger partial charge in [0.05, 0.1) is 17.9 Å². The Bertz CT molecular complexity index is 1230. The van der Waals surface area contributed by atoms with E-state index < -0.39 is 5.60 Å². The molecule has 2 aliphatic rings. The average molecular weight is 474 g/mol. The molecule has 1 aliphatic carbocycles. The van der Waals surface area contributed by atoms with Crippen molar-refractivity contribution in [1.29, 1.82) is 0 Å². The van der Waals surface area contributed by atoms with Crippen LogP contribution in [0.5, 0.6) is 0 Å². The summed E-state index contributed by atoms with van der Waals surface area (Å²) in [7, 11) is 2.05. The zero-order valence-corrected chi connectivity index (χ0v) is 21.3. The fourth-order valence-electron chi connectivity index (χ4n) is 5.03. The first kappa shape index (κ1) is 23.9. The predicted molar refractivity (Wildman–Crippen MR) is 138 cm³/mol. The van der Waals surface area contributed by atoms with E-state index in [1.807, 2.05) is 31.6 Å². The molecule has 0 atom stereocenters. The minimum absolute atomic E-state index is 0.133. The van der Waals surface area contributed by atoms with Crippen LogP contribution in [0.2, 0.25) is 0 Å². The number of aliphatic hydroxyl groups excluding tert-OH is 1. The van der Waals surface area contributed by atoms with Gasteiger partial charge in [-0.3, -0.25) is 9.88 Å². The molecule has 0 saturated heterocycles. The Morgan fingerprint density at radius 2 is 1.71 bits per heavy atom. The number of aromatic nitrogens is 3. The maximum atomic E-state index is 10.4. The summed E-state index contributed by atoms with van der Waals surface area (Å²) in [6.07, 6.45) is 7.73. The second-order valence-corrected chi connectivity index (χ2v) is 11.1. The molecule has 0 amide bonds. The normalized spacial score (nSPS) is 16.7. The lowest BCUT2D eigenvalue weighted by molar-refractivity contribution is 0.0785. The van der Waals surface area contributed by atoms with Crippen molar-refractivity contribution in [3.63, 3.8) is 0 Å². The third-order valence-electron chi connectivity index (χ3n) is 7.91. The summed E-state index contributed by atoms with van der Waals surface area (Å²) in [5, 5.41) is 19.8. The molecule has 0 bridgehead atoms. The number of hydrogen-bond donors (Lipinski definition) is 2. The number of aliphatic hydroxyl groups is 2. The largest absolute Gasteiger partial charge is 0.395 e. The summed E-state index contributed by atoms with van der Waals surface area (Å²) < 4.78 is 0. The van der Waals surface area contributed by atoms with Crippen LogP contribution in [0.15, 0.2) is 48.9 Å². The van der Waals surface area contributed by atoms with Crippen LogP contribution in [0.25, 0.3) is 11.3 Å². The molecule has 2 N–H and O–H groups in total. The van der Waals surface area contributed by atoms with Crippen LogP contribution >= 0.6 is 0 Å². The van der Waals surface area contributed by atoms with E-state index in [1.54, 1.807) is 20.0 Å². The lowest BCUT2D eigenvalue weighted by atomic mass is 9.89. The zero-order chi connectivity index (χ0) is 25.0. The number of likely N-dealkylation sites (N-methyl/N-ethyl adjacent to an activating group) is 1. The molecule has 1 spiro atoms. The minimum atomic E-state index is -0.937. The van der Waals surface area contributed by atoms with Crippen LogP contribution in [-0.4, -0.2) is 56.8 Å². The van der Waals surface area contributed by atoms with Crippen molar-refractivity contribution in [2.45, 2.75) is 57.1 Å². The van der Waals surface area contributed by atoms with Gasteiger partial charge >= 0.3 is 0 Å². The topological polar surface area (TPSA) is 85.6 Å². The molecule has 2 aromatic heterocycles. The van der Waals surface area contributed by atoms with Crippen molar-refractivity contribution in [2.24, 2.45) is 0 Å². The molecule has 1 aliphatic heterocycles. The average Bonchev–Trinajstić information content (AvgIpc) is 3.55. The van der Waals surface area contributed by atoms with Gasteiger partial charge in [-0.05, 0) is 82.5 Å². The van der Waals surface area contributed by atoms with Gasteiger partial charge in [-0.25, -0.2) is 9.97 Å². The van der Waals surface area contributed by atoms with E-state index in [-0.39, 0.29) is 17.6 Å². The first-order chi connectivity index (χ1) is 16.5. The summed E-state index contributed by atoms with van der Waals surface area (Å²) in [4.78, 5) is 18.4. The quantitative estimate of drug-likeness (QED) is 0.534. The summed E-state index contributed by atoms with van der Waals surface area (Å²) >= 11 is 0. The summed E-state index contributed by atoms with van der Waals surface area (Å²) in [6.45, 7) is 9.55. The van der Waals surface area contributed by atoms with Crippen LogP contribution in [0, 0.1) is 0 Å². The Hall–Kier alpha value is -2.87. The number of pyridine rings is 1. The standard InChI is InChI=1S/C28H35N5O2/c1-26(2,32(5)12-13-34)20-6-7-22-24(15-20)33(18-28(22)9-10-28)25-30-16-19(17-31-25)23-14-21(8-11-29-23)27(3,4)35/h6-8,11,14-17,34-35H,9-10,12-13,18H2,1-5H3. The molecule has 7 nitrogen and oxygen atoms in total. The maximum Gasteiger partial charge on any atom is 0.229 e. The third-order valence-corrected chi connectivity index (χ3v) is 7.91. The van der Waals surface area contributed by atoms with Gasteiger partial charge in [-0.2, -0.15) is 0 Å². The lowest BCUT2D eigenvalue weighted by Gasteiger charge is -2.36. The van der Waals surface area contributed by atoms with Crippen molar-refractivity contribution in [2.75, 3.05) is 31.6 Å². The third kappa shape index (κ3) is 4.22. The maximum absolute atomic E-state index is 10.4. The summed E-state index contributed by atoms with van der Waals surface area (Å²) in [6, 6.07) is 10.5. The number of anilines is 2. The van der Waals surface area contributed by atoms with Crippen molar-refractivity contribution in [1.82, 2.24) is 19.9 Å². The highest BCUT2D eigenvalue weighted by Crippen LogP contribution is 2.58. The molecular weight excluding hydrogens is 438 g/mol. The molecular formula is C28H35N5O2. The van der Waals surface area contributed by atoms with E-state index in [1.165, 1.54) is 29.7 Å². The summed E-state index contributed by atoms with van der Waals surface area (Å²) in [5.41, 5.74) is 5.19. The van der Waals surface area contributed by atoms with Gasteiger partial charge < -0.3 is 15.1 Å². The predicted octanol–water partition coefficient (Wildman–Crippen LogP) is 4.11. The molecule has 3 aromatic rings. The Kier molecular flexibility index (Phi) is 5.70. The number of hydrogen-bond acceptors (Lipinski definition) is 7. The van der Waals surface area contributed by atoms with Gasteiger partial charge in [0.15, 0.2) is 0 Å². The first-order valence-corrected chi connectivity index (χ1v) is 12.3. The van der Waals surface area contributed by atoms with Gasteiger partial charge in [0, 0.05) is 53.9 Å². The second-order valence-electron chi connectivity index (χ2n) is 11.1. The summed E-state index contributed by atoms with van der Waals surface area (Å²) in [5.74, 6) is 0.691. The van der Waals surface area contributed by atoms with Crippen molar-refractivity contribution in [3.05, 3.63) is 65.6 Å². The van der Waals surface area contributed by atoms with Crippen molar-refractivity contribution < 1.29 is 10.2 Å². The minimum Gasteiger partial charge on any atom is -0.395 e. The van der Waals surface area contributed by atoms with E-state index in [2.05, 4.69) is 46.8 Å². The fourth-order valence-corrected chi connectivity index (χ4v) is 5.03. The number of benzene rings is 1. The zero-order valence-electron chi connectivity index (χ0n) is 21.3. The number of fused-ring (bicyclic) bond motifs is 2. The Labute approximate surface area is 207 Å². The van der Waals surface area contributed by atoms with E-state index >= 15 is 0 Å². The highest BCUT2D eigenvalue weighted by Gasteiger charge is 2.52. The smallest absolute Gasteiger partial charge is 0.229 e. The number of nitrogens with zero attached hydrogens (tertiary/aromatic N) is 5. The lowest BCUT2D eigenvalue weighted by Crippen LogP contribution is -2.40. The molecule has 184 valence electrons. The highest BCUT2D eigenvalue weighted by atomic mass is 16.3. The molecule has 1 saturated carbocycles. The van der Waals surface area contributed by atoms with Crippen molar-refractivity contribution in [3.8, 4) is 11.3 Å². The Morgan fingerprint density at radius 3 is 2.34 bits per heavy atom. The van der Waals surface area contributed by atoms with E-state index in [4.69, 9.17) is 9.97 Å². The van der Waals surface area contributed by atoms with Gasteiger partial charge in [-0.15, -0.1) is 0 Å². The van der Waals surface area contributed by atoms with Gasteiger partial charge in [0.2, 0.25) is 5.95 Å². The highest BCUT2D eigenvalue weighted by molar-refractivity contribution is 5.72. The van der Waals surface area contributed by atoms with Gasteiger partial charge in [0.25, 0.3) is 0 Å². The second kappa shape index (κ2) is 8.36. The molecule has 35 heavy (non-hydrogen) atoms. The molecule has 5 rings (SSSR count). The first-order valence-electron chi connectivity index (χ1n) is 12.3. The van der Waals surface area contributed by atoms with Crippen molar-refractivity contribution >= 4 is 11.6 Å². The molecule has 1 aromatic carbocycles. The fraction of sp³-hybridized carbons (Fsp3) is 0.464. The molecule has 3 heterocycles. The van der Waals surface area contributed by atoms with Crippen LogP contribution < -0.4 is 4.90 Å². The van der Waals surface area contributed by atoms with Crippen LogP contribution in [0.3, 0.4) is 0 Å². The molecule has 0 unspecified atom stereocenters. The van der Waals surface area contributed by atoms with E-state index in [9.17, 15) is 10.2 Å². The molecule has 1 fully saturated rings. The number of rotatable bonds is 7. The van der Waals surface area contributed by atoms with Gasteiger partial charge in [-0.1, -0.05) is 12.1 Å². The van der Waals surface area contributed by atoms with E-state index in [0.29, 0.717) is 12.5 Å². The van der Waals surface area contributed by atoms with Crippen LogP contribution in [-0.2, 0) is 16.6 Å². The van der Waals surface area contributed by atoms with Crippen LogP contribution in [0.4, 0.5) is 11.6 Å². The SMILES string of the molecule is CN(CCO)C(C)(C)c1ccc2c(c1)N(c1ncc(-c3cc(C(C)(C)O)ccn3)cn1)CC21CC1. The Morgan fingerprint density at radius 1 is 1.00 bits per heavy atom. The Balaban J connectivity index is 1.48. The monoisotopic (exact) mass is 473 g/mol. The molecule has 0 radical (unpaired) electrons. The molecule has 7 heteroatoms.